The number of nitrogens with zero attached hydrogens (tertiary/aromatic N) is 2. The molecule has 94 valence electrons. The molecule has 19 heavy (non-hydrogen) atoms. The molecule has 0 amide bonds. The summed E-state index contributed by atoms with van der Waals surface area (Å²) >= 11 is 5.29. The number of hydrogen-bond acceptors (Lipinski definition) is 3. The lowest BCUT2D eigenvalue weighted by Gasteiger charge is -2.15. The van der Waals surface area contributed by atoms with Gasteiger partial charge in [-0.15, -0.1) is 0 Å². The molecule has 0 radical (unpaired) electrons. The standard InChI is InChI=1S/C15H11BrN2S/c16-11-6-7-13-14(8-11)19-15-17-12(9-18(13)15)10-4-2-1-3-5-10/h1-8,12H,9H2/t12-/m0/s1. The fourth-order valence-corrected chi connectivity index (χ4v) is 4.16. The zero-order valence-electron chi connectivity index (χ0n) is 10.1. The van der Waals surface area contributed by atoms with Crippen LogP contribution in [0.3, 0.4) is 0 Å². The third kappa shape index (κ3) is 1.90. The molecule has 2 aromatic carbocycles. The van der Waals surface area contributed by atoms with E-state index in [0.717, 1.165) is 16.2 Å². The molecule has 0 aliphatic carbocycles. The van der Waals surface area contributed by atoms with Gasteiger partial charge in [0.2, 0.25) is 0 Å². The monoisotopic (exact) mass is 330 g/mol. The highest BCUT2D eigenvalue weighted by Gasteiger charge is 2.34. The average molecular weight is 331 g/mol. The lowest BCUT2D eigenvalue weighted by Crippen LogP contribution is -2.21. The van der Waals surface area contributed by atoms with E-state index in [1.54, 1.807) is 11.8 Å². The normalized spacial score (nSPS) is 20.2. The van der Waals surface area contributed by atoms with Crippen molar-refractivity contribution in [1.82, 2.24) is 0 Å². The zero-order valence-corrected chi connectivity index (χ0v) is 12.5. The van der Waals surface area contributed by atoms with E-state index in [1.807, 2.05) is 6.07 Å². The molecular formula is C15H11BrN2S. The number of halogens is 1. The summed E-state index contributed by atoms with van der Waals surface area (Å²) in [5, 5.41) is 1.13. The van der Waals surface area contributed by atoms with E-state index < -0.39 is 0 Å². The smallest absolute Gasteiger partial charge is 0.169 e. The highest BCUT2D eigenvalue weighted by Crippen LogP contribution is 2.46. The van der Waals surface area contributed by atoms with Crippen LogP contribution in [0.25, 0.3) is 0 Å². The Morgan fingerprint density at radius 2 is 2.00 bits per heavy atom. The van der Waals surface area contributed by atoms with Gasteiger partial charge in [0.25, 0.3) is 0 Å². The number of hydrogen-bond donors (Lipinski definition) is 0. The van der Waals surface area contributed by atoms with Gasteiger partial charge in [-0.2, -0.15) is 0 Å². The topological polar surface area (TPSA) is 15.6 Å². The first-order valence-corrected chi connectivity index (χ1v) is 7.80. The average Bonchev–Trinajstić information content (AvgIpc) is 2.96. The Hall–Kier alpha value is -1.26. The molecular weight excluding hydrogens is 320 g/mol. The molecule has 0 saturated carbocycles. The van der Waals surface area contributed by atoms with E-state index in [-0.39, 0.29) is 6.04 Å². The first-order valence-electron chi connectivity index (χ1n) is 6.19. The van der Waals surface area contributed by atoms with Gasteiger partial charge in [0.1, 0.15) is 0 Å². The molecule has 4 heteroatoms. The number of anilines is 1. The van der Waals surface area contributed by atoms with Crippen molar-refractivity contribution in [3.63, 3.8) is 0 Å². The van der Waals surface area contributed by atoms with Crippen LogP contribution in [0.4, 0.5) is 5.69 Å². The summed E-state index contributed by atoms with van der Waals surface area (Å²) in [5.41, 5.74) is 2.58. The SMILES string of the molecule is Brc1ccc2c(c1)SC1=N[C@H](c3ccccc3)CN12. The molecule has 0 saturated heterocycles. The van der Waals surface area contributed by atoms with Gasteiger partial charge in [0.15, 0.2) is 5.17 Å². The summed E-state index contributed by atoms with van der Waals surface area (Å²) in [7, 11) is 0. The van der Waals surface area contributed by atoms with E-state index in [9.17, 15) is 0 Å². The van der Waals surface area contributed by atoms with Gasteiger partial charge in [0.05, 0.1) is 18.3 Å². The predicted octanol–water partition coefficient (Wildman–Crippen LogP) is 4.47. The minimum atomic E-state index is 0.264. The van der Waals surface area contributed by atoms with Crippen LogP contribution < -0.4 is 4.90 Å². The second kappa shape index (κ2) is 4.39. The first kappa shape index (κ1) is 11.6. The van der Waals surface area contributed by atoms with Crippen molar-refractivity contribution in [2.75, 3.05) is 11.4 Å². The van der Waals surface area contributed by atoms with Crippen LogP contribution in [-0.4, -0.2) is 11.7 Å². The quantitative estimate of drug-likeness (QED) is 0.766. The minimum Gasteiger partial charge on any atom is -0.317 e. The third-order valence-electron chi connectivity index (χ3n) is 3.45. The molecule has 2 aliphatic rings. The number of amidine groups is 1. The summed E-state index contributed by atoms with van der Waals surface area (Å²) < 4.78 is 1.13. The molecule has 0 N–H and O–H groups in total. The van der Waals surface area contributed by atoms with Crippen LogP contribution >= 0.6 is 27.7 Å². The minimum absolute atomic E-state index is 0.264. The molecule has 2 aliphatic heterocycles. The van der Waals surface area contributed by atoms with Gasteiger partial charge in [-0.3, -0.25) is 4.99 Å². The number of rotatable bonds is 1. The van der Waals surface area contributed by atoms with E-state index in [0.29, 0.717) is 0 Å². The second-order valence-electron chi connectivity index (χ2n) is 4.66. The van der Waals surface area contributed by atoms with Crippen molar-refractivity contribution in [2.24, 2.45) is 4.99 Å². The molecule has 1 atom stereocenters. The molecule has 2 heterocycles. The molecule has 2 aromatic rings. The Bertz CT molecular complexity index is 669. The van der Waals surface area contributed by atoms with E-state index in [2.05, 4.69) is 63.3 Å². The fraction of sp³-hybridized carbons (Fsp3) is 0.133. The van der Waals surface area contributed by atoms with Crippen LogP contribution in [0.2, 0.25) is 0 Å². The number of fused-ring (bicyclic) bond motifs is 3. The molecule has 0 bridgehead atoms. The predicted molar refractivity (Wildman–Crippen MR) is 84.0 cm³/mol. The Kier molecular flexibility index (Phi) is 2.67. The van der Waals surface area contributed by atoms with Crippen molar-refractivity contribution in [1.29, 1.82) is 0 Å². The summed E-state index contributed by atoms with van der Waals surface area (Å²) in [6, 6.07) is 17.2. The Balaban J connectivity index is 1.68. The fourth-order valence-electron chi connectivity index (χ4n) is 2.52. The van der Waals surface area contributed by atoms with E-state index in [4.69, 9.17) is 4.99 Å². The Labute approximate surface area is 124 Å². The lowest BCUT2D eigenvalue weighted by molar-refractivity contribution is 0.778. The van der Waals surface area contributed by atoms with Crippen molar-refractivity contribution in [3.8, 4) is 0 Å². The van der Waals surface area contributed by atoms with Gasteiger partial charge in [-0.05, 0) is 35.5 Å². The van der Waals surface area contributed by atoms with E-state index >= 15 is 0 Å². The highest BCUT2D eigenvalue weighted by molar-refractivity contribution is 9.10. The van der Waals surface area contributed by atoms with Gasteiger partial charge in [0, 0.05) is 9.37 Å². The largest absolute Gasteiger partial charge is 0.317 e. The summed E-state index contributed by atoms with van der Waals surface area (Å²) in [6.07, 6.45) is 0. The number of benzene rings is 2. The summed E-state index contributed by atoms with van der Waals surface area (Å²) in [5.74, 6) is 0. The van der Waals surface area contributed by atoms with Gasteiger partial charge >= 0.3 is 0 Å². The van der Waals surface area contributed by atoms with Crippen LogP contribution in [0.5, 0.6) is 0 Å². The van der Waals surface area contributed by atoms with Crippen molar-refractivity contribution in [3.05, 3.63) is 58.6 Å². The highest BCUT2D eigenvalue weighted by atomic mass is 79.9. The van der Waals surface area contributed by atoms with Crippen molar-refractivity contribution < 1.29 is 0 Å². The Morgan fingerprint density at radius 1 is 1.16 bits per heavy atom. The van der Waals surface area contributed by atoms with Crippen LogP contribution in [0.1, 0.15) is 11.6 Å². The maximum Gasteiger partial charge on any atom is 0.169 e. The lowest BCUT2D eigenvalue weighted by atomic mass is 10.1. The van der Waals surface area contributed by atoms with Crippen LogP contribution in [0.15, 0.2) is 62.9 Å². The van der Waals surface area contributed by atoms with Crippen molar-refractivity contribution >= 4 is 38.5 Å². The summed E-state index contributed by atoms with van der Waals surface area (Å²) in [4.78, 5) is 8.47. The van der Waals surface area contributed by atoms with Gasteiger partial charge in [-0.1, -0.05) is 46.3 Å². The number of aliphatic imine (C=N–C) groups is 1. The maximum absolute atomic E-state index is 4.85. The number of thioether (sulfide) groups is 1. The van der Waals surface area contributed by atoms with Crippen LogP contribution in [0, 0.1) is 0 Å². The van der Waals surface area contributed by atoms with Gasteiger partial charge < -0.3 is 4.90 Å². The third-order valence-corrected chi connectivity index (χ3v) is 5.00. The molecule has 2 nitrogen and oxygen atoms in total. The molecule has 0 unspecified atom stereocenters. The van der Waals surface area contributed by atoms with Gasteiger partial charge in [-0.25, -0.2) is 0 Å². The molecule has 0 spiro atoms. The van der Waals surface area contributed by atoms with Crippen molar-refractivity contribution in [2.45, 2.75) is 10.9 Å². The Morgan fingerprint density at radius 3 is 2.84 bits per heavy atom. The summed E-state index contributed by atoms with van der Waals surface area (Å²) in [6.45, 7) is 0.945. The van der Waals surface area contributed by atoms with E-state index in [1.165, 1.54) is 16.1 Å². The molecule has 0 fully saturated rings. The zero-order chi connectivity index (χ0) is 12.8. The van der Waals surface area contributed by atoms with Crippen LogP contribution in [-0.2, 0) is 0 Å². The second-order valence-corrected chi connectivity index (χ2v) is 6.59. The molecule has 0 aromatic heterocycles. The molecule has 4 rings (SSSR count). The maximum atomic E-state index is 4.85. The first-order chi connectivity index (χ1) is 9.31.